The van der Waals surface area contributed by atoms with Crippen LogP contribution in [0.15, 0.2) is 53.3 Å². The lowest BCUT2D eigenvalue weighted by atomic mass is 10.1. The molecule has 1 N–H and O–H groups in total. The molecule has 1 aliphatic heterocycles. The summed E-state index contributed by atoms with van der Waals surface area (Å²) in [5.74, 6) is -2.03. The molecular formula is C24H25F3N4O5. The molecule has 1 aromatic heterocycles. The maximum atomic E-state index is 13.1. The number of carboxylic acids is 1. The molecule has 0 aliphatic carbocycles. The summed E-state index contributed by atoms with van der Waals surface area (Å²) < 4.78 is 38.3. The molecule has 2 heterocycles. The number of benzene rings is 2. The van der Waals surface area contributed by atoms with Gasteiger partial charge in [-0.05, 0) is 23.8 Å². The highest BCUT2D eigenvalue weighted by Crippen LogP contribution is 2.18. The molecule has 36 heavy (non-hydrogen) atoms. The minimum absolute atomic E-state index is 0.127. The number of ether oxygens (including phenoxy) is 1. The molecule has 9 nitrogen and oxygen atoms in total. The van der Waals surface area contributed by atoms with Crippen LogP contribution in [0, 0.1) is 0 Å². The third-order valence-electron chi connectivity index (χ3n) is 5.60. The molecule has 1 amide bonds. The fourth-order valence-electron chi connectivity index (χ4n) is 3.75. The van der Waals surface area contributed by atoms with Gasteiger partial charge in [0.2, 0.25) is 0 Å². The van der Waals surface area contributed by atoms with Gasteiger partial charge in [0.25, 0.3) is 11.5 Å². The van der Waals surface area contributed by atoms with Gasteiger partial charge in [-0.3, -0.25) is 14.5 Å². The summed E-state index contributed by atoms with van der Waals surface area (Å²) in [5.41, 5.74) is 1.33. The topological polar surface area (TPSA) is 105 Å². The average molecular weight is 506 g/mol. The lowest BCUT2D eigenvalue weighted by molar-refractivity contribution is -0.192. The van der Waals surface area contributed by atoms with E-state index in [2.05, 4.69) is 16.1 Å². The molecule has 12 heteroatoms. The van der Waals surface area contributed by atoms with Crippen LogP contribution < -0.4 is 10.3 Å². The van der Waals surface area contributed by atoms with Crippen molar-refractivity contribution in [2.45, 2.75) is 12.7 Å². The van der Waals surface area contributed by atoms with Crippen LogP contribution in [0.5, 0.6) is 5.75 Å². The molecule has 3 aromatic rings. The lowest BCUT2D eigenvalue weighted by Gasteiger charge is -2.34. The minimum Gasteiger partial charge on any atom is -0.497 e. The van der Waals surface area contributed by atoms with E-state index in [-0.39, 0.29) is 11.5 Å². The van der Waals surface area contributed by atoms with Crippen LogP contribution in [-0.2, 0) is 18.4 Å². The quantitative estimate of drug-likeness (QED) is 0.580. The van der Waals surface area contributed by atoms with Gasteiger partial charge in [0.15, 0.2) is 5.69 Å². The van der Waals surface area contributed by atoms with Crippen LogP contribution in [0.1, 0.15) is 16.1 Å². The van der Waals surface area contributed by atoms with E-state index >= 15 is 0 Å². The summed E-state index contributed by atoms with van der Waals surface area (Å²) in [6, 6.07) is 15.2. The van der Waals surface area contributed by atoms with Crippen molar-refractivity contribution in [3.63, 3.8) is 0 Å². The number of amides is 1. The Morgan fingerprint density at radius 1 is 1.03 bits per heavy atom. The lowest BCUT2D eigenvalue weighted by Crippen LogP contribution is -2.48. The Labute approximate surface area is 204 Å². The molecule has 0 saturated carbocycles. The highest BCUT2D eigenvalue weighted by Gasteiger charge is 2.38. The summed E-state index contributed by atoms with van der Waals surface area (Å²) in [6.07, 6.45) is -5.08. The Balaban J connectivity index is 0.000000454. The van der Waals surface area contributed by atoms with Crippen molar-refractivity contribution in [3.8, 4) is 5.75 Å². The Morgan fingerprint density at radius 2 is 1.64 bits per heavy atom. The van der Waals surface area contributed by atoms with E-state index in [4.69, 9.17) is 14.6 Å². The number of aromatic nitrogens is 2. The van der Waals surface area contributed by atoms with E-state index in [0.29, 0.717) is 29.6 Å². The van der Waals surface area contributed by atoms with Crippen LogP contribution in [0.4, 0.5) is 13.2 Å². The van der Waals surface area contributed by atoms with Crippen molar-refractivity contribution >= 4 is 22.6 Å². The number of alkyl halides is 3. The predicted octanol–water partition coefficient (Wildman–Crippen LogP) is 2.53. The second kappa shape index (κ2) is 11.2. The zero-order chi connectivity index (χ0) is 26.5. The predicted molar refractivity (Wildman–Crippen MR) is 125 cm³/mol. The molecule has 4 rings (SSSR count). The van der Waals surface area contributed by atoms with Crippen LogP contribution in [-0.4, -0.2) is 76.0 Å². The fraction of sp³-hybridized carbons (Fsp3) is 0.333. The molecule has 0 bridgehead atoms. The van der Waals surface area contributed by atoms with E-state index in [1.54, 1.807) is 32.4 Å². The fourth-order valence-corrected chi connectivity index (χ4v) is 3.75. The number of carbonyl (C=O) groups excluding carboxylic acids is 1. The van der Waals surface area contributed by atoms with Crippen molar-refractivity contribution in [2.24, 2.45) is 7.05 Å². The van der Waals surface area contributed by atoms with Gasteiger partial charge in [-0.1, -0.05) is 30.3 Å². The van der Waals surface area contributed by atoms with Crippen LogP contribution in [0.25, 0.3) is 10.8 Å². The molecule has 0 spiro atoms. The van der Waals surface area contributed by atoms with Gasteiger partial charge in [0, 0.05) is 45.2 Å². The largest absolute Gasteiger partial charge is 0.497 e. The molecule has 2 aromatic carbocycles. The van der Waals surface area contributed by atoms with Crippen molar-refractivity contribution < 1.29 is 32.6 Å². The van der Waals surface area contributed by atoms with Crippen LogP contribution >= 0.6 is 0 Å². The smallest absolute Gasteiger partial charge is 0.490 e. The third kappa shape index (κ3) is 6.39. The van der Waals surface area contributed by atoms with Crippen molar-refractivity contribution in [2.75, 3.05) is 33.3 Å². The minimum atomic E-state index is -5.08. The van der Waals surface area contributed by atoms with Gasteiger partial charge in [-0.2, -0.15) is 18.3 Å². The van der Waals surface area contributed by atoms with Crippen LogP contribution in [0.2, 0.25) is 0 Å². The number of aryl methyl sites for hydroxylation is 1. The summed E-state index contributed by atoms with van der Waals surface area (Å²) in [4.78, 5) is 38.5. The summed E-state index contributed by atoms with van der Waals surface area (Å²) in [7, 11) is 3.25. The first kappa shape index (κ1) is 26.7. The van der Waals surface area contributed by atoms with Crippen molar-refractivity contribution in [1.82, 2.24) is 19.6 Å². The molecule has 0 unspecified atom stereocenters. The highest BCUT2D eigenvalue weighted by molar-refractivity contribution is 6.04. The van der Waals surface area contributed by atoms with Gasteiger partial charge in [-0.25, -0.2) is 9.48 Å². The maximum Gasteiger partial charge on any atom is 0.490 e. The van der Waals surface area contributed by atoms with Gasteiger partial charge in [0.05, 0.1) is 12.5 Å². The van der Waals surface area contributed by atoms with E-state index in [1.807, 2.05) is 29.2 Å². The molecule has 1 saturated heterocycles. The van der Waals surface area contributed by atoms with Crippen LogP contribution in [0.3, 0.4) is 0 Å². The number of halogens is 3. The normalized spacial score (nSPS) is 14.2. The molecular weight excluding hydrogens is 481 g/mol. The molecule has 0 atom stereocenters. The zero-order valence-corrected chi connectivity index (χ0v) is 19.7. The average Bonchev–Trinajstić information content (AvgIpc) is 2.86. The SMILES string of the molecule is COc1cccc(CN2CCN(C(=O)c3nn(C)c(=O)c4ccccc34)CC2)c1.O=C(O)C(F)(F)F. The third-order valence-corrected chi connectivity index (χ3v) is 5.60. The number of aliphatic carboxylic acids is 1. The first-order valence-electron chi connectivity index (χ1n) is 10.9. The van der Waals surface area contributed by atoms with Gasteiger partial charge >= 0.3 is 12.1 Å². The number of piperazine rings is 1. The Morgan fingerprint density at radius 3 is 2.22 bits per heavy atom. The Kier molecular flexibility index (Phi) is 8.30. The summed E-state index contributed by atoms with van der Waals surface area (Å²) in [6.45, 7) is 3.64. The van der Waals surface area contributed by atoms with E-state index in [0.717, 1.165) is 25.4 Å². The van der Waals surface area contributed by atoms with E-state index in [9.17, 15) is 22.8 Å². The summed E-state index contributed by atoms with van der Waals surface area (Å²) in [5, 5.41) is 12.5. The number of methoxy groups -OCH3 is 1. The number of hydrogen-bond acceptors (Lipinski definition) is 6. The number of nitrogens with zero attached hydrogens (tertiary/aromatic N) is 4. The molecule has 1 aliphatic rings. The maximum absolute atomic E-state index is 13.1. The molecule has 1 fully saturated rings. The number of carboxylic acid groups (broad SMARTS) is 1. The van der Waals surface area contributed by atoms with Crippen molar-refractivity contribution in [3.05, 3.63) is 70.1 Å². The molecule has 0 radical (unpaired) electrons. The Hall–Kier alpha value is -3.93. The monoisotopic (exact) mass is 506 g/mol. The number of carbonyl (C=O) groups is 2. The first-order chi connectivity index (χ1) is 17.0. The van der Waals surface area contributed by atoms with E-state index in [1.165, 1.54) is 10.2 Å². The number of hydrogen-bond donors (Lipinski definition) is 1. The number of rotatable bonds is 4. The first-order valence-corrected chi connectivity index (χ1v) is 10.9. The zero-order valence-electron chi connectivity index (χ0n) is 19.7. The standard InChI is InChI=1S/C22H24N4O3.C2HF3O2/c1-24-21(27)19-9-4-3-8-18(19)20(23-24)22(28)26-12-10-25(11-13-26)15-16-6-5-7-17(14-16)29-2;3-2(4,5)1(6)7/h3-9,14H,10-13,15H2,1-2H3;(H,6,7). The van der Waals surface area contributed by atoms with Gasteiger partial charge in [-0.15, -0.1) is 0 Å². The van der Waals surface area contributed by atoms with Gasteiger partial charge in [0.1, 0.15) is 5.75 Å². The van der Waals surface area contributed by atoms with Gasteiger partial charge < -0.3 is 14.7 Å². The molecule has 192 valence electrons. The van der Waals surface area contributed by atoms with Crippen molar-refractivity contribution in [1.29, 1.82) is 0 Å². The number of fused-ring (bicyclic) bond motifs is 1. The second-order valence-corrected chi connectivity index (χ2v) is 8.05. The Bertz CT molecular complexity index is 1300. The summed E-state index contributed by atoms with van der Waals surface area (Å²) >= 11 is 0. The highest BCUT2D eigenvalue weighted by atomic mass is 19.4. The second-order valence-electron chi connectivity index (χ2n) is 8.05. The van der Waals surface area contributed by atoms with E-state index < -0.39 is 12.1 Å².